The van der Waals surface area contributed by atoms with Crippen LogP contribution in [0.2, 0.25) is 5.02 Å². The van der Waals surface area contributed by atoms with Gasteiger partial charge in [0.1, 0.15) is 5.75 Å². The van der Waals surface area contributed by atoms with E-state index in [1.807, 2.05) is 0 Å². The van der Waals surface area contributed by atoms with Gasteiger partial charge in [0, 0.05) is 37.7 Å². The lowest BCUT2D eigenvalue weighted by Crippen LogP contribution is -2.42. The predicted octanol–water partition coefficient (Wildman–Crippen LogP) is 3.64. The molecular weight excluding hydrogens is 417 g/mol. The van der Waals surface area contributed by atoms with Crippen molar-refractivity contribution >= 4 is 21.7 Å². The molecule has 0 unspecified atom stereocenters. The smallest absolute Gasteiger partial charge is 0.376 e. The second-order valence-electron chi connectivity index (χ2n) is 6.34. The van der Waals surface area contributed by atoms with Crippen LogP contribution in [0.4, 0.5) is 13.2 Å². The average Bonchev–Trinajstić information content (AvgIpc) is 2.62. The van der Waals surface area contributed by atoms with Crippen LogP contribution in [0.5, 0.6) is 5.75 Å². The quantitative estimate of drug-likeness (QED) is 0.575. The summed E-state index contributed by atoms with van der Waals surface area (Å²) in [5.74, 6) is -0.375. The van der Waals surface area contributed by atoms with Gasteiger partial charge in [-0.2, -0.15) is 21.6 Å². The summed E-state index contributed by atoms with van der Waals surface area (Å²) in [7, 11) is -5.72. The van der Waals surface area contributed by atoms with Crippen molar-refractivity contribution in [1.29, 1.82) is 0 Å². The largest absolute Gasteiger partial charge is 0.534 e. The van der Waals surface area contributed by atoms with Gasteiger partial charge in [-0.25, -0.2) is 0 Å². The number of alkyl halides is 3. The Morgan fingerprint density at radius 2 is 1.71 bits per heavy atom. The van der Waals surface area contributed by atoms with E-state index in [1.54, 1.807) is 30.3 Å². The van der Waals surface area contributed by atoms with Crippen LogP contribution < -0.4 is 9.50 Å². The highest BCUT2D eigenvalue weighted by molar-refractivity contribution is 7.88. The van der Waals surface area contributed by atoms with Gasteiger partial charge in [0.05, 0.1) is 0 Å². The van der Waals surface area contributed by atoms with Crippen molar-refractivity contribution in [1.82, 2.24) is 10.2 Å². The average molecular weight is 435 g/mol. The molecule has 0 bridgehead atoms. The fourth-order valence-electron chi connectivity index (χ4n) is 2.95. The monoisotopic (exact) mass is 434 g/mol. The zero-order valence-corrected chi connectivity index (χ0v) is 16.2. The molecule has 0 aliphatic carbocycles. The molecule has 0 atom stereocenters. The van der Waals surface area contributed by atoms with Crippen LogP contribution in [-0.2, 0) is 16.7 Å². The molecule has 28 heavy (non-hydrogen) atoms. The summed E-state index contributed by atoms with van der Waals surface area (Å²) in [6.07, 6.45) is 0. The van der Waals surface area contributed by atoms with Gasteiger partial charge in [-0.3, -0.25) is 4.90 Å². The second kappa shape index (κ2) is 8.28. The molecule has 1 aliphatic rings. The Kier molecular flexibility index (Phi) is 6.18. The number of hydrogen-bond acceptors (Lipinski definition) is 5. The van der Waals surface area contributed by atoms with E-state index in [4.69, 9.17) is 11.6 Å². The van der Waals surface area contributed by atoms with Crippen molar-refractivity contribution in [2.45, 2.75) is 12.1 Å². The van der Waals surface area contributed by atoms with Crippen LogP contribution in [0.25, 0.3) is 11.1 Å². The Morgan fingerprint density at radius 1 is 1.07 bits per heavy atom. The molecule has 0 amide bonds. The minimum Gasteiger partial charge on any atom is -0.376 e. The molecule has 1 fully saturated rings. The molecule has 5 nitrogen and oxygen atoms in total. The molecular formula is C18H18ClF3N2O3S. The van der Waals surface area contributed by atoms with E-state index >= 15 is 0 Å². The lowest BCUT2D eigenvalue weighted by molar-refractivity contribution is -0.0500. The standard InChI is InChI=1S/C18H18ClF3N2O3S/c19-15-3-1-13(2-4-15)17-6-5-16(27-28(25,26)18(20,21)22)11-14(17)12-24-9-7-23-8-10-24/h1-6,11,23H,7-10,12H2. The number of hydrogen-bond donors (Lipinski definition) is 1. The Morgan fingerprint density at radius 3 is 2.32 bits per heavy atom. The van der Waals surface area contributed by atoms with Gasteiger partial charge in [-0.05, 0) is 41.0 Å². The highest BCUT2D eigenvalue weighted by Crippen LogP contribution is 2.32. The highest BCUT2D eigenvalue weighted by atomic mass is 35.5. The molecule has 10 heteroatoms. The summed E-state index contributed by atoms with van der Waals surface area (Å²) in [6, 6.07) is 11.1. The fraction of sp³-hybridized carbons (Fsp3) is 0.333. The SMILES string of the molecule is O=S(=O)(Oc1ccc(-c2ccc(Cl)cc2)c(CN2CCNCC2)c1)C(F)(F)F. The second-order valence-corrected chi connectivity index (χ2v) is 8.31. The van der Waals surface area contributed by atoms with Crippen LogP contribution >= 0.6 is 11.6 Å². The van der Waals surface area contributed by atoms with Gasteiger partial charge in [-0.1, -0.05) is 29.8 Å². The van der Waals surface area contributed by atoms with Crippen molar-refractivity contribution in [2.24, 2.45) is 0 Å². The summed E-state index contributed by atoms with van der Waals surface area (Å²) in [4.78, 5) is 2.13. The van der Waals surface area contributed by atoms with Gasteiger partial charge in [0.25, 0.3) is 0 Å². The summed E-state index contributed by atoms with van der Waals surface area (Å²) >= 11 is 5.93. The number of nitrogens with zero attached hydrogens (tertiary/aromatic N) is 1. The van der Waals surface area contributed by atoms with E-state index in [9.17, 15) is 21.6 Å². The Balaban J connectivity index is 1.96. The van der Waals surface area contributed by atoms with Crippen molar-refractivity contribution in [2.75, 3.05) is 26.2 Å². The van der Waals surface area contributed by atoms with Crippen LogP contribution in [0.15, 0.2) is 42.5 Å². The Hall–Kier alpha value is -1.81. The maximum atomic E-state index is 12.6. The maximum absolute atomic E-state index is 12.6. The molecule has 1 saturated heterocycles. The van der Waals surface area contributed by atoms with E-state index < -0.39 is 15.6 Å². The molecule has 0 saturated carbocycles. The number of halogens is 4. The molecule has 0 aromatic heterocycles. The minimum atomic E-state index is -5.72. The first-order chi connectivity index (χ1) is 13.2. The first-order valence-electron chi connectivity index (χ1n) is 8.48. The van der Waals surface area contributed by atoms with E-state index in [2.05, 4.69) is 14.4 Å². The molecule has 152 valence electrons. The fourth-order valence-corrected chi connectivity index (χ4v) is 3.53. The molecule has 0 radical (unpaired) electrons. The van der Waals surface area contributed by atoms with Crippen LogP contribution in [-0.4, -0.2) is 45.0 Å². The summed E-state index contributed by atoms with van der Waals surface area (Å²) in [5, 5.41) is 3.79. The highest BCUT2D eigenvalue weighted by Gasteiger charge is 2.48. The molecule has 1 heterocycles. The number of nitrogens with one attached hydrogen (secondary N) is 1. The van der Waals surface area contributed by atoms with Gasteiger partial charge in [-0.15, -0.1) is 0 Å². The van der Waals surface area contributed by atoms with Crippen LogP contribution in [0.1, 0.15) is 5.56 Å². The van der Waals surface area contributed by atoms with E-state index in [-0.39, 0.29) is 5.75 Å². The molecule has 0 spiro atoms. The third-order valence-electron chi connectivity index (χ3n) is 4.32. The van der Waals surface area contributed by atoms with Gasteiger partial charge in [0.2, 0.25) is 0 Å². The molecule has 2 aromatic carbocycles. The van der Waals surface area contributed by atoms with Crippen molar-refractivity contribution in [3.05, 3.63) is 53.1 Å². The van der Waals surface area contributed by atoms with Gasteiger partial charge in [0.15, 0.2) is 0 Å². The summed E-state index contributed by atoms with van der Waals surface area (Å²) in [5.41, 5.74) is -3.23. The molecule has 1 aliphatic heterocycles. The molecule has 1 N–H and O–H groups in total. The zero-order valence-electron chi connectivity index (χ0n) is 14.7. The minimum absolute atomic E-state index is 0.375. The topological polar surface area (TPSA) is 58.6 Å². The first kappa shape index (κ1) is 20.9. The van der Waals surface area contributed by atoms with Crippen molar-refractivity contribution < 1.29 is 25.8 Å². The lowest BCUT2D eigenvalue weighted by Gasteiger charge is -2.28. The third kappa shape index (κ3) is 4.96. The predicted molar refractivity (Wildman–Crippen MR) is 101 cm³/mol. The van der Waals surface area contributed by atoms with E-state index in [0.717, 1.165) is 37.3 Å². The normalized spacial score (nSPS) is 16.1. The number of benzene rings is 2. The van der Waals surface area contributed by atoms with Crippen molar-refractivity contribution in [3.8, 4) is 16.9 Å². The third-order valence-corrected chi connectivity index (χ3v) is 5.56. The lowest BCUT2D eigenvalue weighted by atomic mass is 9.99. The van der Waals surface area contributed by atoms with Crippen LogP contribution in [0.3, 0.4) is 0 Å². The number of piperazine rings is 1. The van der Waals surface area contributed by atoms with Gasteiger partial charge < -0.3 is 9.50 Å². The van der Waals surface area contributed by atoms with Gasteiger partial charge >= 0.3 is 15.6 Å². The maximum Gasteiger partial charge on any atom is 0.534 e. The molecule has 3 rings (SSSR count). The Bertz CT molecular complexity index is 928. The summed E-state index contributed by atoms with van der Waals surface area (Å²) in [6.45, 7) is 3.59. The van der Waals surface area contributed by atoms with E-state index in [1.165, 1.54) is 12.1 Å². The Labute approximate surface area is 166 Å². The van der Waals surface area contributed by atoms with Crippen LogP contribution in [0, 0.1) is 0 Å². The molecule has 2 aromatic rings. The number of rotatable bonds is 5. The van der Waals surface area contributed by atoms with E-state index in [0.29, 0.717) is 17.1 Å². The zero-order chi connectivity index (χ0) is 20.4. The van der Waals surface area contributed by atoms with Crippen molar-refractivity contribution in [3.63, 3.8) is 0 Å². The summed E-state index contributed by atoms with van der Waals surface area (Å²) < 4.78 is 64.9. The first-order valence-corrected chi connectivity index (χ1v) is 10.3.